The zero-order valence-corrected chi connectivity index (χ0v) is 19.4. The molecule has 7 heteroatoms. The monoisotopic (exact) mass is 456 g/mol. The topological polar surface area (TPSA) is 89.2 Å². The summed E-state index contributed by atoms with van der Waals surface area (Å²) in [6.45, 7) is 5.06. The van der Waals surface area contributed by atoms with Crippen molar-refractivity contribution >= 4 is 12.0 Å². The van der Waals surface area contributed by atoms with E-state index in [2.05, 4.69) is 5.32 Å². The highest BCUT2D eigenvalue weighted by Crippen LogP contribution is 2.28. The van der Waals surface area contributed by atoms with E-state index in [9.17, 15) is 10.1 Å². The van der Waals surface area contributed by atoms with Gasteiger partial charge in [0.15, 0.2) is 0 Å². The summed E-state index contributed by atoms with van der Waals surface area (Å²) in [4.78, 5) is 12.7. The lowest BCUT2D eigenvalue weighted by atomic mass is 10.1. The van der Waals surface area contributed by atoms with Gasteiger partial charge in [-0.2, -0.15) is 10.4 Å². The first-order valence-electron chi connectivity index (χ1n) is 11.5. The summed E-state index contributed by atoms with van der Waals surface area (Å²) in [5.74, 6) is 0.349. The zero-order chi connectivity index (χ0) is 23.9. The van der Waals surface area contributed by atoms with Crippen molar-refractivity contribution in [3.05, 3.63) is 71.9 Å². The second kappa shape index (κ2) is 10.8. The molecule has 3 aromatic rings. The number of hydrogen-bond donors (Lipinski definition) is 1. The van der Waals surface area contributed by atoms with E-state index >= 15 is 0 Å². The fourth-order valence-electron chi connectivity index (χ4n) is 3.80. The molecule has 0 saturated carbocycles. The maximum atomic E-state index is 12.7. The molecule has 1 aliphatic rings. The van der Waals surface area contributed by atoms with Crippen molar-refractivity contribution < 1.29 is 14.3 Å². The molecule has 1 atom stereocenters. The molecule has 1 N–H and O–H groups in total. The van der Waals surface area contributed by atoms with Crippen LogP contribution in [0.4, 0.5) is 0 Å². The Kier molecular flexibility index (Phi) is 7.41. The van der Waals surface area contributed by atoms with Crippen LogP contribution < -0.4 is 10.1 Å². The molecule has 1 saturated heterocycles. The van der Waals surface area contributed by atoms with Crippen molar-refractivity contribution in [2.75, 3.05) is 13.2 Å². The Balaban J connectivity index is 1.66. The fraction of sp³-hybridized carbons (Fsp3) is 0.296. The number of rotatable bonds is 8. The summed E-state index contributed by atoms with van der Waals surface area (Å²) in [5.41, 5.74) is 3.09. The number of carbonyl (C=O) groups excluding carboxylic acids is 1. The SMILES string of the molecule is CC(C)Oc1ccc(-c2nn(-c3ccccc3)cc2/C=C(\C#N)C(=O)NC[C@@H]2CCCO2)cc1. The van der Waals surface area contributed by atoms with E-state index in [-0.39, 0.29) is 17.8 Å². The standard InChI is InChI=1S/C27H28N4O3/c1-19(2)34-24-12-10-20(11-13-24)26-22(18-31(30-26)23-7-4-3-5-8-23)15-21(16-28)27(32)29-17-25-9-6-14-33-25/h3-5,7-8,10-13,15,18-19,25H,6,9,14,17H2,1-2H3,(H,29,32)/b21-15+/t25-/m0/s1. The summed E-state index contributed by atoms with van der Waals surface area (Å²) in [6.07, 6.45) is 5.40. The summed E-state index contributed by atoms with van der Waals surface area (Å²) in [6, 6.07) is 19.4. The fourth-order valence-corrected chi connectivity index (χ4v) is 3.80. The molecule has 34 heavy (non-hydrogen) atoms. The molecule has 2 aromatic carbocycles. The molecule has 1 fully saturated rings. The Morgan fingerprint density at radius 3 is 2.68 bits per heavy atom. The first kappa shape index (κ1) is 23.3. The number of amides is 1. The lowest BCUT2D eigenvalue weighted by Gasteiger charge is -2.10. The van der Waals surface area contributed by atoms with Crippen LogP contribution in [0.2, 0.25) is 0 Å². The molecule has 0 radical (unpaired) electrons. The molecule has 1 aliphatic heterocycles. The molecule has 174 valence electrons. The highest BCUT2D eigenvalue weighted by molar-refractivity contribution is 6.02. The van der Waals surface area contributed by atoms with E-state index < -0.39 is 5.91 Å². The molecule has 0 aliphatic carbocycles. The third-order valence-electron chi connectivity index (χ3n) is 5.44. The summed E-state index contributed by atoms with van der Waals surface area (Å²) < 4.78 is 13.1. The molecular formula is C27H28N4O3. The van der Waals surface area contributed by atoms with E-state index in [1.165, 1.54) is 0 Å². The van der Waals surface area contributed by atoms with Gasteiger partial charge in [-0.3, -0.25) is 4.79 Å². The Labute approximate surface area is 199 Å². The van der Waals surface area contributed by atoms with Crippen LogP contribution in [0.15, 0.2) is 66.4 Å². The van der Waals surface area contributed by atoms with Gasteiger partial charge in [0, 0.05) is 30.5 Å². The molecule has 0 bridgehead atoms. The maximum Gasteiger partial charge on any atom is 0.262 e. The van der Waals surface area contributed by atoms with Crippen LogP contribution >= 0.6 is 0 Å². The van der Waals surface area contributed by atoms with Crippen LogP contribution in [0.3, 0.4) is 0 Å². The van der Waals surface area contributed by atoms with Gasteiger partial charge < -0.3 is 14.8 Å². The van der Waals surface area contributed by atoms with Crippen molar-refractivity contribution in [3.63, 3.8) is 0 Å². The van der Waals surface area contributed by atoms with Gasteiger partial charge in [0.05, 0.1) is 23.6 Å². The van der Waals surface area contributed by atoms with E-state index in [1.54, 1.807) is 10.8 Å². The predicted molar refractivity (Wildman–Crippen MR) is 130 cm³/mol. The number of nitriles is 1. The van der Waals surface area contributed by atoms with Gasteiger partial charge in [-0.15, -0.1) is 0 Å². The smallest absolute Gasteiger partial charge is 0.262 e. The van der Waals surface area contributed by atoms with Crippen molar-refractivity contribution in [1.82, 2.24) is 15.1 Å². The van der Waals surface area contributed by atoms with Gasteiger partial charge in [0.1, 0.15) is 17.4 Å². The van der Waals surface area contributed by atoms with E-state index in [0.717, 1.165) is 29.8 Å². The second-order valence-electron chi connectivity index (χ2n) is 8.42. The van der Waals surface area contributed by atoms with Crippen LogP contribution in [0, 0.1) is 11.3 Å². The first-order valence-corrected chi connectivity index (χ1v) is 11.5. The van der Waals surface area contributed by atoms with Gasteiger partial charge >= 0.3 is 0 Å². The number of aromatic nitrogens is 2. The average molecular weight is 457 g/mol. The highest BCUT2D eigenvalue weighted by Gasteiger charge is 2.19. The van der Waals surface area contributed by atoms with Crippen molar-refractivity contribution in [2.45, 2.75) is 38.9 Å². The minimum atomic E-state index is -0.419. The Hall–Kier alpha value is -3.89. The second-order valence-corrected chi connectivity index (χ2v) is 8.42. The van der Waals surface area contributed by atoms with Crippen molar-refractivity contribution in [1.29, 1.82) is 5.26 Å². The van der Waals surface area contributed by atoms with Gasteiger partial charge in [0.2, 0.25) is 0 Å². The number of nitrogens with one attached hydrogen (secondary N) is 1. The number of hydrogen-bond acceptors (Lipinski definition) is 5. The molecule has 1 amide bonds. The molecular weight excluding hydrogens is 428 g/mol. The first-order chi connectivity index (χ1) is 16.5. The number of carbonyl (C=O) groups is 1. The summed E-state index contributed by atoms with van der Waals surface area (Å²) in [7, 11) is 0. The highest BCUT2D eigenvalue weighted by atomic mass is 16.5. The van der Waals surface area contributed by atoms with Gasteiger partial charge in [-0.1, -0.05) is 18.2 Å². The Bertz CT molecular complexity index is 1180. The summed E-state index contributed by atoms with van der Waals surface area (Å²) >= 11 is 0. The van der Waals surface area contributed by atoms with E-state index in [4.69, 9.17) is 14.6 Å². The van der Waals surface area contributed by atoms with Gasteiger partial charge in [-0.25, -0.2) is 4.68 Å². The van der Waals surface area contributed by atoms with Crippen molar-refractivity contribution in [3.8, 4) is 28.8 Å². The maximum absolute atomic E-state index is 12.7. The number of ether oxygens (including phenoxy) is 2. The van der Waals surface area contributed by atoms with Crippen LogP contribution in [0.25, 0.3) is 23.0 Å². The van der Waals surface area contributed by atoms with Crippen LogP contribution in [-0.4, -0.2) is 41.0 Å². The molecule has 0 unspecified atom stereocenters. The van der Waals surface area contributed by atoms with Crippen LogP contribution in [-0.2, 0) is 9.53 Å². The quantitative estimate of drug-likeness (QED) is 0.397. The summed E-state index contributed by atoms with van der Waals surface area (Å²) in [5, 5.41) is 17.3. The molecule has 7 nitrogen and oxygen atoms in total. The number of nitrogens with zero attached hydrogens (tertiary/aromatic N) is 3. The minimum Gasteiger partial charge on any atom is -0.491 e. The third kappa shape index (κ3) is 5.72. The van der Waals surface area contributed by atoms with E-state index in [1.807, 2.05) is 80.7 Å². The van der Waals surface area contributed by atoms with Crippen LogP contribution in [0.5, 0.6) is 5.75 Å². The molecule has 4 rings (SSSR count). The predicted octanol–water partition coefficient (Wildman–Crippen LogP) is 4.53. The molecule has 0 spiro atoms. The Morgan fingerprint density at radius 2 is 2.03 bits per heavy atom. The molecule has 1 aromatic heterocycles. The normalized spacial score (nSPS) is 15.8. The van der Waals surface area contributed by atoms with Gasteiger partial charge in [-0.05, 0) is 69.2 Å². The Morgan fingerprint density at radius 1 is 1.26 bits per heavy atom. The number of benzene rings is 2. The number of para-hydroxylation sites is 1. The zero-order valence-electron chi connectivity index (χ0n) is 19.4. The average Bonchev–Trinajstić information content (AvgIpc) is 3.52. The third-order valence-corrected chi connectivity index (χ3v) is 5.44. The largest absolute Gasteiger partial charge is 0.491 e. The lowest BCUT2D eigenvalue weighted by molar-refractivity contribution is -0.117. The van der Waals surface area contributed by atoms with E-state index in [0.29, 0.717) is 24.4 Å². The lowest BCUT2D eigenvalue weighted by Crippen LogP contribution is -2.32. The minimum absolute atomic E-state index is 0.00635. The van der Waals surface area contributed by atoms with Crippen molar-refractivity contribution in [2.24, 2.45) is 0 Å². The van der Waals surface area contributed by atoms with Crippen LogP contribution in [0.1, 0.15) is 32.3 Å². The van der Waals surface area contributed by atoms with Gasteiger partial charge in [0.25, 0.3) is 5.91 Å². The molecule has 2 heterocycles.